The fraction of sp³-hybridized carbons (Fsp3) is 0.611. The van der Waals surface area contributed by atoms with Crippen molar-refractivity contribution in [1.82, 2.24) is 10.6 Å². The molecule has 1 aromatic rings. The van der Waals surface area contributed by atoms with E-state index in [9.17, 15) is 4.39 Å². The van der Waals surface area contributed by atoms with E-state index < -0.39 is 0 Å². The van der Waals surface area contributed by atoms with Gasteiger partial charge in [0.05, 0.1) is 0 Å². The highest BCUT2D eigenvalue weighted by molar-refractivity contribution is 8.00. The zero-order valence-electron chi connectivity index (χ0n) is 14.0. The Morgan fingerprint density at radius 3 is 2.65 bits per heavy atom. The van der Waals surface area contributed by atoms with Crippen LogP contribution in [-0.4, -0.2) is 36.6 Å². The van der Waals surface area contributed by atoms with E-state index in [2.05, 4.69) is 22.5 Å². The van der Waals surface area contributed by atoms with E-state index in [0.717, 1.165) is 37.5 Å². The quantitative estimate of drug-likeness (QED) is 0.640. The van der Waals surface area contributed by atoms with Gasteiger partial charge in [0.25, 0.3) is 0 Å². The third kappa shape index (κ3) is 4.00. The minimum absolute atomic E-state index is 0.0751. The van der Waals surface area contributed by atoms with Crippen molar-refractivity contribution in [1.29, 1.82) is 0 Å². The largest absolute Gasteiger partial charge is 0.356 e. The number of hydrogen-bond donors (Lipinski definition) is 2. The maximum Gasteiger partial charge on any atom is 0.191 e. The molecule has 0 radical (unpaired) electrons. The van der Waals surface area contributed by atoms with Crippen LogP contribution in [-0.2, 0) is 5.41 Å². The first-order valence-electron chi connectivity index (χ1n) is 8.40. The Morgan fingerprint density at radius 1 is 1.26 bits per heavy atom. The Balaban J connectivity index is 1.54. The number of hydrogen-bond acceptors (Lipinski definition) is 2. The second kappa shape index (κ2) is 6.71. The van der Waals surface area contributed by atoms with Crippen LogP contribution in [0.3, 0.4) is 0 Å². The number of nitrogens with zero attached hydrogens (tertiary/aromatic N) is 1. The van der Waals surface area contributed by atoms with E-state index in [1.807, 2.05) is 17.8 Å². The standard InChI is InChI=1S/C18H26FN3S/c1-17(7-4-10-23-17)12-21-16(20-2)22-13-18(8-9-18)14-5-3-6-15(19)11-14/h3,5-6,11H,4,7-10,12-13H2,1-2H3,(H2,20,21,22). The minimum atomic E-state index is -0.150. The van der Waals surface area contributed by atoms with Crippen LogP contribution in [0.25, 0.3) is 0 Å². The third-order valence-corrected chi connectivity index (χ3v) is 6.58. The molecule has 0 bridgehead atoms. The highest BCUT2D eigenvalue weighted by atomic mass is 32.2. The summed E-state index contributed by atoms with van der Waals surface area (Å²) in [5.41, 5.74) is 1.17. The molecular formula is C18H26FN3S. The maximum absolute atomic E-state index is 13.5. The number of aliphatic imine (C=N–C) groups is 1. The van der Waals surface area contributed by atoms with Gasteiger partial charge in [-0.25, -0.2) is 4.39 Å². The zero-order valence-corrected chi connectivity index (χ0v) is 14.8. The van der Waals surface area contributed by atoms with E-state index in [1.165, 1.54) is 24.7 Å². The average Bonchev–Trinajstić information content (AvgIpc) is 3.22. The topological polar surface area (TPSA) is 36.4 Å². The summed E-state index contributed by atoms with van der Waals surface area (Å²) in [5.74, 6) is 1.95. The summed E-state index contributed by atoms with van der Waals surface area (Å²) in [5, 5.41) is 6.90. The highest BCUT2D eigenvalue weighted by Crippen LogP contribution is 2.47. The number of thioether (sulfide) groups is 1. The van der Waals surface area contributed by atoms with E-state index in [0.29, 0.717) is 4.75 Å². The van der Waals surface area contributed by atoms with Gasteiger partial charge in [0, 0.05) is 30.3 Å². The summed E-state index contributed by atoms with van der Waals surface area (Å²) >= 11 is 2.04. The number of rotatable bonds is 5. The van der Waals surface area contributed by atoms with Crippen LogP contribution in [0.15, 0.2) is 29.3 Å². The Kier molecular flexibility index (Phi) is 4.85. The molecule has 1 aromatic carbocycles. The van der Waals surface area contributed by atoms with Crippen molar-refractivity contribution < 1.29 is 4.39 Å². The zero-order chi connectivity index (χ0) is 16.3. The summed E-state index contributed by atoms with van der Waals surface area (Å²) in [6.07, 6.45) is 4.77. The molecule has 1 saturated carbocycles. The average molecular weight is 335 g/mol. The minimum Gasteiger partial charge on any atom is -0.356 e. The number of guanidine groups is 1. The van der Waals surface area contributed by atoms with Crippen LogP contribution in [0.5, 0.6) is 0 Å². The van der Waals surface area contributed by atoms with Gasteiger partial charge in [-0.2, -0.15) is 11.8 Å². The van der Waals surface area contributed by atoms with Crippen molar-refractivity contribution in [3.63, 3.8) is 0 Å². The molecule has 5 heteroatoms. The first-order chi connectivity index (χ1) is 11.1. The second-order valence-corrected chi connectivity index (χ2v) is 8.65. The lowest BCUT2D eigenvalue weighted by Gasteiger charge is -2.25. The third-order valence-electron chi connectivity index (χ3n) is 5.04. The maximum atomic E-state index is 13.5. The van der Waals surface area contributed by atoms with Crippen LogP contribution >= 0.6 is 11.8 Å². The Labute approximate surface area is 142 Å². The molecule has 3 nitrogen and oxygen atoms in total. The first-order valence-corrected chi connectivity index (χ1v) is 9.38. The molecule has 2 fully saturated rings. The molecule has 0 amide bonds. The van der Waals surface area contributed by atoms with Crippen LogP contribution in [0.1, 0.15) is 38.2 Å². The van der Waals surface area contributed by atoms with Gasteiger partial charge in [0.2, 0.25) is 0 Å². The van der Waals surface area contributed by atoms with Crippen molar-refractivity contribution in [3.8, 4) is 0 Å². The second-order valence-electron chi connectivity index (χ2n) is 6.97. The van der Waals surface area contributed by atoms with Crippen LogP contribution in [0, 0.1) is 5.82 Å². The lowest BCUT2D eigenvalue weighted by Crippen LogP contribution is -2.45. The fourth-order valence-electron chi connectivity index (χ4n) is 3.26. The Bertz CT molecular complexity index is 577. The van der Waals surface area contributed by atoms with Crippen LogP contribution in [0.2, 0.25) is 0 Å². The number of benzene rings is 1. The predicted octanol–water partition coefficient (Wildman–Crippen LogP) is 3.31. The Morgan fingerprint density at radius 2 is 2.04 bits per heavy atom. The molecule has 0 spiro atoms. The molecule has 126 valence electrons. The van der Waals surface area contributed by atoms with Crippen molar-refractivity contribution >= 4 is 17.7 Å². The highest BCUT2D eigenvalue weighted by Gasteiger charge is 2.44. The fourth-order valence-corrected chi connectivity index (χ4v) is 4.50. The van der Waals surface area contributed by atoms with Crippen LogP contribution in [0.4, 0.5) is 4.39 Å². The van der Waals surface area contributed by atoms with E-state index in [-0.39, 0.29) is 11.2 Å². The van der Waals surface area contributed by atoms with Gasteiger partial charge in [-0.1, -0.05) is 12.1 Å². The molecular weight excluding hydrogens is 309 g/mol. The van der Waals surface area contributed by atoms with Crippen LogP contribution < -0.4 is 10.6 Å². The number of nitrogens with one attached hydrogen (secondary N) is 2. The molecule has 1 aliphatic carbocycles. The lowest BCUT2D eigenvalue weighted by molar-refractivity contribution is 0.576. The van der Waals surface area contributed by atoms with Gasteiger partial charge in [-0.15, -0.1) is 0 Å². The molecule has 2 aliphatic rings. The molecule has 1 unspecified atom stereocenters. The van der Waals surface area contributed by atoms with Gasteiger partial charge in [0.1, 0.15) is 5.82 Å². The molecule has 1 atom stereocenters. The number of halogens is 1. The summed E-state index contributed by atoms with van der Waals surface area (Å²) < 4.78 is 13.8. The molecule has 2 N–H and O–H groups in total. The normalized spacial score (nSPS) is 26.1. The summed E-state index contributed by atoms with van der Waals surface area (Å²) in [6, 6.07) is 7.01. The SMILES string of the molecule is CN=C(NCC1(C)CCCS1)NCC1(c2cccc(F)c2)CC1. The molecule has 1 heterocycles. The van der Waals surface area contributed by atoms with Gasteiger partial charge in [0.15, 0.2) is 5.96 Å². The first kappa shape index (κ1) is 16.6. The monoisotopic (exact) mass is 335 g/mol. The van der Waals surface area contributed by atoms with Crippen molar-refractivity contribution in [2.75, 3.05) is 25.9 Å². The van der Waals surface area contributed by atoms with Crippen molar-refractivity contribution in [2.45, 2.75) is 42.8 Å². The summed E-state index contributed by atoms with van der Waals surface area (Å²) in [7, 11) is 1.81. The van der Waals surface area contributed by atoms with Gasteiger partial charge in [-0.05, 0) is 56.1 Å². The Hall–Kier alpha value is -1.23. The van der Waals surface area contributed by atoms with Gasteiger partial charge < -0.3 is 10.6 Å². The van der Waals surface area contributed by atoms with E-state index >= 15 is 0 Å². The molecule has 1 aliphatic heterocycles. The predicted molar refractivity (Wildman–Crippen MR) is 96.8 cm³/mol. The van der Waals surface area contributed by atoms with Gasteiger partial charge in [-0.3, -0.25) is 4.99 Å². The summed E-state index contributed by atoms with van der Waals surface area (Å²) in [6.45, 7) is 4.06. The lowest BCUT2D eigenvalue weighted by atomic mass is 9.96. The van der Waals surface area contributed by atoms with E-state index in [1.54, 1.807) is 19.2 Å². The van der Waals surface area contributed by atoms with Crippen molar-refractivity contribution in [3.05, 3.63) is 35.6 Å². The van der Waals surface area contributed by atoms with Gasteiger partial charge >= 0.3 is 0 Å². The van der Waals surface area contributed by atoms with Crippen molar-refractivity contribution in [2.24, 2.45) is 4.99 Å². The molecule has 3 rings (SSSR count). The molecule has 1 saturated heterocycles. The smallest absolute Gasteiger partial charge is 0.191 e. The van der Waals surface area contributed by atoms with E-state index in [4.69, 9.17) is 0 Å². The molecule has 0 aromatic heterocycles. The summed E-state index contributed by atoms with van der Waals surface area (Å²) in [4.78, 5) is 4.33. The molecule has 23 heavy (non-hydrogen) atoms.